The molecule has 11 heteroatoms. The molecular formula is C17H11ClF7NO2. The lowest BCUT2D eigenvalue weighted by Gasteiger charge is -2.19. The Labute approximate surface area is 159 Å². The van der Waals surface area contributed by atoms with E-state index >= 15 is 0 Å². The van der Waals surface area contributed by atoms with E-state index in [1.54, 1.807) is 0 Å². The first-order valence-electron chi connectivity index (χ1n) is 7.47. The summed E-state index contributed by atoms with van der Waals surface area (Å²) in [5.41, 5.74) is -1.95. The molecule has 0 aliphatic heterocycles. The zero-order chi connectivity index (χ0) is 21.1. The molecule has 0 atom stereocenters. The molecular weight excluding hydrogens is 419 g/mol. The molecule has 28 heavy (non-hydrogen) atoms. The van der Waals surface area contributed by atoms with Crippen molar-refractivity contribution < 1.29 is 40.3 Å². The number of halogens is 8. The number of amides is 1. The maximum Gasteiger partial charge on any atom is 0.416 e. The van der Waals surface area contributed by atoms with Crippen LogP contribution < -0.4 is 10.1 Å². The fourth-order valence-corrected chi connectivity index (χ4v) is 2.22. The van der Waals surface area contributed by atoms with E-state index in [9.17, 15) is 35.5 Å². The summed E-state index contributed by atoms with van der Waals surface area (Å²) in [5.74, 6) is -6.13. The maximum absolute atomic E-state index is 13.1. The van der Waals surface area contributed by atoms with Gasteiger partial charge in [0, 0.05) is 0 Å². The predicted molar refractivity (Wildman–Crippen MR) is 87.3 cm³/mol. The van der Waals surface area contributed by atoms with Crippen molar-refractivity contribution in [1.82, 2.24) is 0 Å². The van der Waals surface area contributed by atoms with Gasteiger partial charge in [0.25, 0.3) is 5.91 Å². The van der Waals surface area contributed by atoms with Gasteiger partial charge in [0.2, 0.25) is 0 Å². The van der Waals surface area contributed by atoms with Crippen molar-refractivity contribution in [1.29, 1.82) is 0 Å². The molecule has 0 saturated heterocycles. The molecule has 2 aromatic carbocycles. The van der Waals surface area contributed by atoms with Gasteiger partial charge >= 0.3 is 18.5 Å². The summed E-state index contributed by atoms with van der Waals surface area (Å²) in [6, 6.07) is 7.15. The zero-order valence-corrected chi connectivity index (χ0v) is 14.4. The van der Waals surface area contributed by atoms with Crippen molar-refractivity contribution in [3.8, 4) is 5.75 Å². The van der Waals surface area contributed by atoms with E-state index in [2.05, 4.69) is 10.1 Å². The van der Waals surface area contributed by atoms with E-state index in [0.717, 1.165) is 0 Å². The predicted octanol–water partition coefficient (Wildman–Crippen LogP) is 5.89. The number of nitrogens with one attached hydrogen (secondary N) is 1. The summed E-state index contributed by atoms with van der Waals surface area (Å²) in [5, 5.41) is 2.05. The first-order valence-corrected chi connectivity index (χ1v) is 7.85. The minimum atomic E-state index is -4.81. The minimum Gasteiger partial charge on any atom is -0.485 e. The lowest BCUT2D eigenvalue weighted by Crippen LogP contribution is -2.34. The van der Waals surface area contributed by atoms with Crippen molar-refractivity contribution in [2.24, 2.45) is 0 Å². The molecule has 0 bridgehead atoms. The molecule has 0 saturated carbocycles. The van der Waals surface area contributed by atoms with Gasteiger partial charge in [-0.15, -0.1) is 0 Å². The van der Waals surface area contributed by atoms with Crippen LogP contribution >= 0.6 is 11.6 Å². The van der Waals surface area contributed by atoms with Gasteiger partial charge < -0.3 is 10.1 Å². The van der Waals surface area contributed by atoms with Gasteiger partial charge in [-0.25, -0.2) is 8.78 Å². The largest absolute Gasteiger partial charge is 0.485 e. The van der Waals surface area contributed by atoms with Gasteiger partial charge in [0.1, 0.15) is 5.75 Å². The monoisotopic (exact) mass is 429 g/mol. The van der Waals surface area contributed by atoms with Crippen LogP contribution in [0.3, 0.4) is 0 Å². The fraction of sp³-hybridized carbons (Fsp3) is 0.235. The molecule has 152 valence electrons. The van der Waals surface area contributed by atoms with Crippen LogP contribution in [0.15, 0.2) is 42.5 Å². The topological polar surface area (TPSA) is 38.3 Å². The Morgan fingerprint density at radius 3 is 2.29 bits per heavy atom. The highest BCUT2D eigenvalue weighted by Crippen LogP contribution is 2.36. The van der Waals surface area contributed by atoms with Gasteiger partial charge in [-0.05, 0) is 30.3 Å². The summed E-state index contributed by atoms with van der Waals surface area (Å²) < 4.78 is 93.9. The van der Waals surface area contributed by atoms with Crippen molar-refractivity contribution in [2.45, 2.75) is 18.5 Å². The van der Waals surface area contributed by atoms with Crippen LogP contribution in [0.2, 0.25) is 5.02 Å². The molecule has 1 amide bonds. The Bertz CT molecular complexity index is 856. The highest BCUT2D eigenvalue weighted by Gasteiger charge is 2.42. The third-order valence-corrected chi connectivity index (χ3v) is 3.74. The molecule has 2 rings (SSSR count). The Morgan fingerprint density at radius 2 is 1.71 bits per heavy atom. The van der Waals surface area contributed by atoms with Crippen LogP contribution in [-0.2, 0) is 6.18 Å². The van der Waals surface area contributed by atoms with E-state index in [0.29, 0.717) is 18.2 Å². The smallest absolute Gasteiger partial charge is 0.416 e. The van der Waals surface area contributed by atoms with Gasteiger partial charge in [0.05, 0.1) is 21.8 Å². The third-order valence-electron chi connectivity index (χ3n) is 3.41. The zero-order valence-electron chi connectivity index (χ0n) is 13.7. The molecule has 0 aliphatic carbocycles. The van der Waals surface area contributed by atoms with Crippen molar-refractivity contribution in [3.63, 3.8) is 0 Å². The van der Waals surface area contributed by atoms with Gasteiger partial charge in [-0.3, -0.25) is 4.79 Å². The average Bonchev–Trinajstić information content (AvgIpc) is 2.60. The van der Waals surface area contributed by atoms with E-state index in [1.165, 1.54) is 24.3 Å². The number of carbonyl (C=O) groups is 1. The fourth-order valence-electron chi connectivity index (χ4n) is 2.00. The lowest BCUT2D eigenvalue weighted by molar-refractivity contribution is -0.148. The number of hydrogen-bond donors (Lipinski definition) is 1. The van der Waals surface area contributed by atoms with Crippen LogP contribution in [0.25, 0.3) is 0 Å². The Balaban J connectivity index is 2.35. The average molecular weight is 430 g/mol. The highest BCUT2D eigenvalue weighted by molar-refractivity contribution is 6.34. The molecule has 2 aromatic rings. The summed E-state index contributed by atoms with van der Waals surface area (Å²) in [7, 11) is 0. The number of benzene rings is 2. The molecule has 0 aliphatic rings. The third kappa shape index (κ3) is 5.28. The Morgan fingerprint density at radius 1 is 1.07 bits per heavy atom. The van der Waals surface area contributed by atoms with E-state index < -0.39 is 48.0 Å². The number of alkyl halides is 7. The highest BCUT2D eigenvalue weighted by atomic mass is 35.5. The van der Waals surface area contributed by atoms with Crippen molar-refractivity contribution in [2.75, 3.05) is 11.9 Å². The molecule has 0 heterocycles. The molecule has 0 aromatic heterocycles. The molecule has 0 spiro atoms. The van der Waals surface area contributed by atoms with E-state index in [4.69, 9.17) is 11.6 Å². The lowest BCUT2D eigenvalue weighted by atomic mass is 10.1. The summed E-state index contributed by atoms with van der Waals surface area (Å²) in [4.78, 5) is 12.3. The normalized spacial score (nSPS) is 12.2. The molecule has 3 nitrogen and oxygen atoms in total. The van der Waals surface area contributed by atoms with Crippen LogP contribution in [0.4, 0.5) is 36.4 Å². The standard InChI is InChI=1S/C17H11ClF7NO2/c18-11-4-2-1-3-10(11)14(27)26-12-7-9(17(23,24)25)5-6-13(12)28-8-16(21,22)15(19)20/h1-7,15H,8H2,(H,26,27). The quantitative estimate of drug-likeness (QED) is 0.581. The van der Waals surface area contributed by atoms with Gasteiger partial charge in [0.15, 0.2) is 6.61 Å². The summed E-state index contributed by atoms with van der Waals surface area (Å²) in [6.45, 7) is -1.80. The van der Waals surface area contributed by atoms with Crippen LogP contribution in [-0.4, -0.2) is 24.9 Å². The second kappa shape index (κ2) is 8.26. The SMILES string of the molecule is O=C(Nc1cc(C(F)(F)F)ccc1OCC(F)(F)C(F)F)c1ccccc1Cl. The molecule has 1 N–H and O–H groups in total. The van der Waals surface area contributed by atoms with E-state index in [-0.39, 0.29) is 10.6 Å². The second-order valence-corrected chi connectivity index (χ2v) is 5.90. The Hall–Kier alpha value is -2.49. The van der Waals surface area contributed by atoms with Crippen molar-refractivity contribution >= 4 is 23.2 Å². The Kier molecular flexibility index (Phi) is 6.43. The van der Waals surface area contributed by atoms with Crippen molar-refractivity contribution in [3.05, 3.63) is 58.6 Å². The minimum absolute atomic E-state index is 0.0151. The van der Waals surface area contributed by atoms with Crippen LogP contribution in [0.5, 0.6) is 5.75 Å². The maximum atomic E-state index is 13.1. The second-order valence-electron chi connectivity index (χ2n) is 5.49. The summed E-state index contributed by atoms with van der Waals surface area (Å²) in [6.07, 6.45) is -8.85. The number of ether oxygens (including phenoxy) is 1. The first kappa shape index (κ1) is 21.8. The molecule has 0 radical (unpaired) electrons. The van der Waals surface area contributed by atoms with Crippen LogP contribution in [0.1, 0.15) is 15.9 Å². The molecule has 0 unspecified atom stereocenters. The number of anilines is 1. The number of hydrogen-bond acceptors (Lipinski definition) is 2. The summed E-state index contributed by atoms with van der Waals surface area (Å²) >= 11 is 5.83. The van der Waals surface area contributed by atoms with Crippen LogP contribution in [0, 0.1) is 0 Å². The van der Waals surface area contributed by atoms with E-state index in [1.807, 2.05) is 0 Å². The van der Waals surface area contributed by atoms with Gasteiger partial charge in [-0.1, -0.05) is 23.7 Å². The first-order chi connectivity index (χ1) is 12.9. The number of carbonyl (C=O) groups excluding carboxylic acids is 1. The molecule has 0 fully saturated rings. The number of rotatable bonds is 6. The van der Waals surface area contributed by atoms with Gasteiger partial charge in [-0.2, -0.15) is 22.0 Å².